The third-order valence-corrected chi connectivity index (χ3v) is 12.7. The molecule has 59 heavy (non-hydrogen) atoms. The minimum atomic E-state index is -2.66. The number of Topliss-reactive ketones (excluding diaryl/α,β-unsaturated/α-hetero) is 2. The van der Waals surface area contributed by atoms with Crippen molar-refractivity contribution in [3.63, 3.8) is 0 Å². The highest BCUT2D eigenvalue weighted by Crippen LogP contribution is 2.43. The van der Waals surface area contributed by atoms with Crippen LogP contribution >= 0.6 is 0 Å². The molecule has 0 radical (unpaired) electrons. The third kappa shape index (κ3) is 19.2. The minimum Gasteiger partial charge on any atom is -0.394 e. The zero-order chi connectivity index (χ0) is 43.9. The van der Waals surface area contributed by atoms with Gasteiger partial charge in [-0.05, 0) is 26.7 Å². The number of hydrogen-bond acceptors (Lipinski definition) is 10. The first-order valence-corrected chi connectivity index (χ1v) is 24.7. The van der Waals surface area contributed by atoms with Crippen LogP contribution in [0.25, 0.3) is 0 Å². The SMILES string of the molecule is CCCCCCCCCCCCCCCCCCN(C(=O)CCCCCCCCCCCCCCCCC)[C@]1(C(=O)[C@H](C)N)O[C@H](CO)[C@@H](O)[C@H](O)[C@]1(N)C(=O)[C@@H](C)N. The summed E-state index contributed by atoms with van der Waals surface area (Å²) in [6, 6.07) is -2.55. The summed E-state index contributed by atoms with van der Waals surface area (Å²) in [5, 5.41) is 32.8. The molecule has 9 N–H and O–H groups in total. The molecule has 1 heterocycles. The van der Waals surface area contributed by atoms with Crippen LogP contribution in [0.15, 0.2) is 0 Å². The Morgan fingerprint density at radius 1 is 0.559 bits per heavy atom. The zero-order valence-electron chi connectivity index (χ0n) is 38.6. The molecule has 1 aliphatic rings. The summed E-state index contributed by atoms with van der Waals surface area (Å²) < 4.78 is 6.22. The number of carbonyl (C=O) groups is 3. The highest BCUT2D eigenvalue weighted by atomic mass is 16.6. The van der Waals surface area contributed by atoms with E-state index in [1.807, 2.05) is 0 Å². The molecule has 0 bridgehead atoms. The molecule has 1 saturated heterocycles. The zero-order valence-corrected chi connectivity index (χ0v) is 38.6. The van der Waals surface area contributed by atoms with Gasteiger partial charge in [0, 0.05) is 13.0 Å². The second-order valence-corrected chi connectivity index (χ2v) is 18.1. The number of amides is 1. The minimum absolute atomic E-state index is 0.0145. The van der Waals surface area contributed by atoms with Crippen LogP contribution in [0, 0.1) is 0 Å². The van der Waals surface area contributed by atoms with Gasteiger partial charge in [-0.25, -0.2) is 0 Å². The summed E-state index contributed by atoms with van der Waals surface area (Å²) >= 11 is 0. The van der Waals surface area contributed by atoms with Gasteiger partial charge in [0.15, 0.2) is 11.3 Å². The van der Waals surface area contributed by atoms with Crippen LogP contribution in [-0.2, 0) is 19.1 Å². The van der Waals surface area contributed by atoms with Gasteiger partial charge in [-0.15, -0.1) is 0 Å². The summed E-state index contributed by atoms with van der Waals surface area (Å²) in [6.07, 6.45) is 31.1. The lowest BCUT2D eigenvalue weighted by atomic mass is 9.67. The number of nitrogens with zero attached hydrogens (tertiary/aromatic N) is 1. The molecule has 0 aromatic carbocycles. The Morgan fingerprint density at radius 2 is 0.881 bits per heavy atom. The van der Waals surface area contributed by atoms with Gasteiger partial charge in [0.05, 0.1) is 18.7 Å². The highest BCUT2D eigenvalue weighted by Gasteiger charge is 2.73. The van der Waals surface area contributed by atoms with Gasteiger partial charge in [0.25, 0.3) is 0 Å². The van der Waals surface area contributed by atoms with Crippen LogP contribution in [0.3, 0.4) is 0 Å². The second-order valence-electron chi connectivity index (χ2n) is 18.1. The first kappa shape index (κ1) is 55.5. The van der Waals surface area contributed by atoms with Crippen LogP contribution in [0.1, 0.15) is 233 Å². The Labute approximate surface area is 361 Å². The average molecular weight is 839 g/mol. The fourth-order valence-electron chi connectivity index (χ4n) is 8.94. The van der Waals surface area contributed by atoms with Crippen molar-refractivity contribution in [1.82, 2.24) is 4.90 Å². The van der Waals surface area contributed by atoms with E-state index >= 15 is 0 Å². The maximum atomic E-state index is 14.4. The van der Waals surface area contributed by atoms with Crippen molar-refractivity contribution in [3.8, 4) is 0 Å². The van der Waals surface area contributed by atoms with Crippen molar-refractivity contribution < 1.29 is 34.4 Å². The number of nitrogens with two attached hydrogens (primary N) is 3. The number of aliphatic hydroxyl groups is 3. The smallest absolute Gasteiger partial charge is 0.233 e. The molecule has 0 unspecified atom stereocenters. The highest BCUT2D eigenvalue weighted by molar-refractivity contribution is 6.06. The maximum absolute atomic E-state index is 14.4. The lowest BCUT2D eigenvalue weighted by Crippen LogP contribution is -2.88. The maximum Gasteiger partial charge on any atom is 0.233 e. The van der Waals surface area contributed by atoms with E-state index in [2.05, 4.69) is 13.8 Å². The fraction of sp³-hybridized carbons (Fsp3) is 0.938. The van der Waals surface area contributed by atoms with Gasteiger partial charge in [-0.1, -0.05) is 200 Å². The Morgan fingerprint density at radius 3 is 1.20 bits per heavy atom. The largest absolute Gasteiger partial charge is 0.394 e. The van der Waals surface area contributed by atoms with Gasteiger partial charge < -0.3 is 42.2 Å². The van der Waals surface area contributed by atoms with Crippen molar-refractivity contribution in [2.24, 2.45) is 17.2 Å². The van der Waals surface area contributed by atoms with E-state index < -0.39 is 65.7 Å². The molecule has 1 aliphatic heterocycles. The molecule has 7 atom stereocenters. The summed E-state index contributed by atoms with van der Waals surface area (Å²) in [7, 11) is 0. The number of aliphatic hydroxyl groups excluding tert-OH is 3. The average Bonchev–Trinajstić information content (AvgIpc) is 3.22. The molecular weight excluding hydrogens is 745 g/mol. The third-order valence-electron chi connectivity index (χ3n) is 12.7. The van der Waals surface area contributed by atoms with Gasteiger partial charge in [0.2, 0.25) is 17.4 Å². The number of ketones is 2. The van der Waals surface area contributed by atoms with Crippen molar-refractivity contribution in [2.75, 3.05) is 13.2 Å². The molecule has 1 rings (SSSR count). The predicted molar refractivity (Wildman–Crippen MR) is 242 cm³/mol. The van der Waals surface area contributed by atoms with E-state index in [0.717, 1.165) is 51.4 Å². The fourth-order valence-corrected chi connectivity index (χ4v) is 8.94. The molecule has 0 aromatic rings. The van der Waals surface area contributed by atoms with Crippen LogP contribution in [-0.4, -0.2) is 92.5 Å². The molecule has 0 aromatic heterocycles. The number of hydrogen-bond donors (Lipinski definition) is 6. The first-order chi connectivity index (χ1) is 28.4. The first-order valence-electron chi connectivity index (χ1n) is 24.7. The number of carbonyl (C=O) groups excluding carboxylic acids is 3. The Kier molecular flexibility index (Phi) is 31.2. The predicted octanol–water partition coefficient (Wildman–Crippen LogP) is 8.68. The van der Waals surface area contributed by atoms with Gasteiger partial charge in [-0.2, -0.15) is 0 Å². The number of rotatable bonds is 39. The van der Waals surface area contributed by atoms with Gasteiger partial charge in [0.1, 0.15) is 18.3 Å². The molecular formula is C48H94N4O7. The van der Waals surface area contributed by atoms with E-state index in [1.165, 1.54) is 154 Å². The Hall–Kier alpha value is -1.47. The summed E-state index contributed by atoms with van der Waals surface area (Å²) in [4.78, 5) is 44.0. The van der Waals surface area contributed by atoms with Gasteiger partial charge >= 0.3 is 0 Å². The molecule has 1 fully saturated rings. The molecule has 0 saturated carbocycles. The molecule has 1 amide bonds. The molecule has 11 heteroatoms. The van der Waals surface area contributed by atoms with Crippen molar-refractivity contribution >= 4 is 17.5 Å². The normalized spacial score (nSPS) is 23.0. The van der Waals surface area contributed by atoms with Crippen LogP contribution in [0.2, 0.25) is 0 Å². The number of ether oxygens (including phenoxy) is 1. The standard InChI is InChI=1S/C48H94N4O7/c1-5-7-9-11-13-15-17-19-21-23-25-27-29-31-33-35-37-52(42(54)36-34-32-30-28-26-24-22-20-18-16-14-12-10-8-6-2)48(45(57)40(4)50)47(51,44(56)39(3)49)46(58)43(55)41(38-53)59-48/h39-41,43,46,53,55,58H,5-38,49-51H2,1-4H3/t39-,40+,41-,43-,46+,47-,48-/m1/s1. The van der Waals surface area contributed by atoms with E-state index in [-0.39, 0.29) is 13.0 Å². The summed E-state index contributed by atoms with van der Waals surface area (Å²) in [5.41, 5.74) is 13.9. The van der Waals surface area contributed by atoms with E-state index in [1.54, 1.807) is 0 Å². The van der Waals surface area contributed by atoms with Crippen molar-refractivity contribution in [1.29, 1.82) is 0 Å². The van der Waals surface area contributed by atoms with Crippen LogP contribution in [0.5, 0.6) is 0 Å². The monoisotopic (exact) mass is 839 g/mol. The molecule has 0 spiro atoms. The lowest BCUT2D eigenvalue weighted by molar-refractivity contribution is -0.288. The second kappa shape index (κ2) is 33.1. The summed E-state index contributed by atoms with van der Waals surface area (Å²) in [5.74, 6) is -2.30. The summed E-state index contributed by atoms with van der Waals surface area (Å²) in [6.45, 7) is 6.49. The Bertz CT molecular complexity index is 1090. The van der Waals surface area contributed by atoms with E-state index in [0.29, 0.717) is 12.8 Å². The van der Waals surface area contributed by atoms with Crippen molar-refractivity contribution in [3.05, 3.63) is 0 Å². The molecule has 0 aliphatic carbocycles. The quantitative estimate of drug-likeness (QED) is 0.0325. The van der Waals surface area contributed by atoms with Gasteiger partial charge in [-0.3, -0.25) is 14.4 Å². The molecule has 11 nitrogen and oxygen atoms in total. The van der Waals surface area contributed by atoms with Crippen molar-refractivity contribution in [2.45, 2.75) is 275 Å². The number of unbranched alkanes of at least 4 members (excludes halogenated alkanes) is 29. The lowest BCUT2D eigenvalue weighted by Gasteiger charge is -2.59. The Balaban J connectivity index is 2.92. The molecule has 348 valence electrons. The van der Waals surface area contributed by atoms with E-state index in [9.17, 15) is 29.7 Å². The van der Waals surface area contributed by atoms with Crippen LogP contribution < -0.4 is 17.2 Å². The van der Waals surface area contributed by atoms with Crippen LogP contribution in [0.4, 0.5) is 0 Å². The van der Waals surface area contributed by atoms with E-state index in [4.69, 9.17) is 21.9 Å². The topological polar surface area (TPSA) is 202 Å².